The zero-order valence-electron chi connectivity index (χ0n) is 9.85. The van der Waals surface area contributed by atoms with E-state index in [0.29, 0.717) is 6.54 Å². The minimum absolute atomic E-state index is 0.616. The van der Waals surface area contributed by atoms with Crippen LogP contribution in [-0.2, 0) is 13.0 Å². The molecule has 0 amide bonds. The Kier molecular flexibility index (Phi) is 4.59. The summed E-state index contributed by atoms with van der Waals surface area (Å²) in [6.45, 7) is 2.69. The molecule has 4 heteroatoms. The summed E-state index contributed by atoms with van der Waals surface area (Å²) in [7, 11) is 0. The molecule has 0 fully saturated rings. The van der Waals surface area contributed by atoms with Crippen molar-refractivity contribution in [3.05, 3.63) is 45.9 Å². The van der Waals surface area contributed by atoms with E-state index in [-0.39, 0.29) is 0 Å². The molecule has 0 aliphatic heterocycles. The van der Waals surface area contributed by atoms with Gasteiger partial charge in [0.2, 0.25) is 0 Å². The quantitative estimate of drug-likeness (QED) is 0.843. The van der Waals surface area contributed by atoms with Crippen LogP contribution in [-0.4, -0.2) is 10.7 Å². The summed E-state index contributed by atoms with van der Waals surface area (Å²) in [5.41, 5.74) is 9.85. The third-order valence-corrected chi connectivity index (χ3v) is 4.61. The van der Waals surface area contributed by atoms with E-state index in [9.17, 15) is 0 Å². The van der Waals surface area contributed by atoms with Crippen LogP contribution in [0.1, 0.15) is 16.1 Å². The third-order valence-electron chi connectivity index (χ3n) is 2.60. The van der Waals surface area contributed by atoms with E-state index in [1.54, 1.807) is 11.3 Å². The standard InChI is InChI=1S/C13H16N2S2/c1-10-13(17-9-15-10)6-7-16-12-4-2-11(8-14)3-5-12/h2-5,9H,6-8,14H2,1H3. The maximum atomic E-state index is 5.57. The molecule has 1 aromatic heterocycles. The monoisotopic (exact) mass is 264 g/mol. The maximum absolute atomic E-state index is 5.57. The first-order valence-corrected chi connectivity index (χ1v) is 7.47. The fourth-order valence-corrected chi connectivity index (χ4v) is 3.33. The number of benzene rings is 1. The fraction of sp³-hybridized carbons (Fsp3) is 0.308. The molecular formula is C13H16N2S2. The number of nitrogens with two attached hydrogens (primary N) is 1. The van der Waals surface area contributed by atoms with Crippen LogP contribution in [0.15, 0.2) is 34.7 Å². The molecule has 2 nitrogen and oxygen atoms in total. The second kappa shape index (κ2) is 6.19. The lowest BCUT2D eigenvalue weighted by Crippen LogP contribution is -1.95. The molecule has 90 valence electrons. The Bertz CT molecular complexity index is 463. The predicted octanol–water partition coefficient (Wildman–Crippen LogP) is 3.25. The molecule has 1 aromatic carbocycles. The summed E-state index contributed by atoms with van der Waals surface area (Å²) in [5.74, 6) is 1.10. The van der Waals surface area contributed by atoms with Crippen LogP contribution < -0.4 is 5.73 Å². The Morgan fingerprint density at radius 1 is 1.29 bits per heavy atom. The second-order valence-electron chi connectivity index (χ2n) is 3.81. The van der Waals surface area contributed by atoms with Gasteiger partial charge in [0.25, 0.3) is 0 Å². The molecule has 0 bridgehead atoms. The summed E-state index contributed by atoms with van der Waals surface area (Å²) in [6, 6.07) is 8.49. The lowest BCUT2D eigenvalue weighted by Gasteiger charge is -2.02. The lowest BCUT2D eigenvalue weighted by atomic mass is 10.2. The molecule has 0 atom stereocenters. The first kappa shape index (κ1) is 12.6. The largest absolute Gasteiger partial charge is 0.326 e. The molecule has 2 rings (SSSR count). The van der Waals surface area contributed by atoms with Gasteiger partial charge in [0.15, 0.2) is 0 Å². The normalized spacial score (nSPS) is 10.7. The molecule has 2 aromatic rings. The number of hydrogen-bond donors (Lipinski definition) is 1. The van der Waals surface area contributed by atoms with E-state index in [4.69, 9.17) is 5.73 Å². The molecule has 0 unspecified atom stereocenters. The van der Waals surface area contributed by atoms with Crippen molar-refractivity contribution in [1.82, 2.24) is 4.98 Å². The predicted molar refractivity (Wildman–Crippen MR) is 75.6 cm³/mol. The first-order valence-electron chi connectivity index (χ1n) is 5.60. The Labute approximate surface area is 110 Å². The zero-order chi connectivity index (χ0) is 12.1. The van der Waals surface area contributed by atoms with Crippen molar-refractivity contribution in [2.45, 2.75) is 24.8 Å². The summed E-state index contributed by atoms with van der Waals surface area (Å²) >= 11 is 3.63. The van der Waals surface area contributed by atoms with Crippen LogP contribution >= 0.6 is 23.1 Å². The molecule has 0 spiro atoms. The lowest BCUT2D eigenvalue weighted by molar-refractivity contribution is 1.06. The Morgan fingerprint density at radius 3 is 2.65 bits per heavy atom. The van der Waals surface area contributed by atoms with Gasteiger partial charge in [0, 0.05) is 22.1 Å². The van der Waals surface area contributed by atoms with Crippen molar-refractivity contribution in [2.75, 3.05) is 5.75 Å². The summed E-state index contributed by atoms with van der Waals surface area (Å²) < 4.78 is 0. The highest BCUT2D eigenvalue weighted by Gasteiger charge is 2.01. The molecule has 0 saturated carbocycles. The number of rotatable bonds is 5. The number of hydrogen-bond acceptors (Lipinski definition) is 4. The molecule has 0 aliphatic carbocycles. The zero-order valence-corrected chi connectivity index (χ0v) is 11.5. The fourth-order valence-electron chi connectivity index (χ4n) is 1.55. The molecule has 0 aliphatic rings. The highest BCUT2D eigenvalue weighted by molar-refractivity contribution is 7.99. The Hall–Kier alpha value is -0.840. The highest BCUT2D eigenvalue weighted by atomic mass is 32.2. The van der Waals surface area contributed by atoms with Crippen LogP contribution in [0.3, 0.4) is 0 Å². The van der Waals surface area contributed by atoms with Gasteiger partial charge in [-0.05, 0) is 31.0 Å². The topological polar surface area (TPSA) is 38.9 Å². The molecule has 1 heterocycles. The Morgan fingerprint density at radius 2 is 2.06 bits per heavy atom. The van der Waals surface area contributed by atoms with Gasteiger partial charge in [-0.25, -0.2) is 4.98 Å². The van der Waals surface area contributed by atoms with Crippen molar-refractivity contribution >= 4 is 23.1 Å². The molecule has 2 N–H and O–H groups in total. The van der Waals surface area contributed by atoms with Gasteiger partial charge in [0.1, 0.15) is 0 Å². The van der Waals surface area contributed by atoms with Gasteiger partial charge in [-0.2, -0.15) is 0 Å². The SMILES string of the molecule is Cc1ncsc1CCSc1ccc(CN)cc1. The van der Waals surface area contributed by atoms with E-state index in [1.165, 1.54) is 21.0 Å². The van der Waals surface area contributed by atoms with Gasteiger partial charge in [-0.15, -0.1) is 23.1 Å². The van der Waals surface area contributed by atoms with E-state index in [0.717, 1.165) is 12.2 Å². The molecule has 0 saturated heterocycles. The van der Waals surface area contributed by atoms with Gasteiger partial charge in [0.05, 0.1) is 11.2 Å². The summed E-state index contributed by atoms with van der Waals surface area (Å²) in [6.07, 6.45) is 1.10. The smallest absolute Gasteiger partial charge is 0.0797 e. The van der Waals surface area contributed by atoms with Crippen LogP contribution in [0.5, 0.6) is 0 Å². The van der Waals surface area contributed by atoms with E-state index < -0.39 is 0 Å². The number of thiazole rings is 1. The molecule has 0 radical (unpaired) electrons. The summed E-state index contributed by atoms with van der Waals surface area (Å²) in [4.78, 5) is 6.97. The van der Waals surface area contributed by atoms with Gasteiger partial charge in [-0.1, -0.05) is 12.1 Å². The summed E-state index contributed by atoms with van der Waals surface area (Å²) in [5, 5.41) is 0. The van der Waals surface area contributed by atoms with Crippen molar-refractivity contribution in [2.24, 2.45) is 5.73 Å². The average Bonchev–Trinajstić information content (AvgIpc) is 2.76. The Balaban J connectivity index is 1.83. The number of nitrogens with zero attached hydrogens (tertiary/aromatic N) is 1. The van der Waals surface area contributed by atoms with Gasteiger partial charge < -0.3 is 5.73 Å². The number of thioether (sulfide) groups is 1. The minimum atomic E-state index is 0.616. The third kappa shape index (κ3) is 3.56. The van der Waals surface area contributed by atoms with E-state index >= 15 is 0 Å². The second-order valence-corrected chi connectivity index (χ2v) is 5.92. The van der Waals surface area contributed by atoms with E-state index in [1.807, 2.05) is 17.3 Å². The van der Waals surface area contributed by atoms with Crippen molar-refractivity contribution in [3.8, 4) is 0 Å². The van der Waals surface area contributed by atoms with Crippen LogP contribution in [0.25, 0.3) is 0 Å². The number of aromatic nitrogens is 1. The van der Waals surface area contributed by atoms with Gasteiger partial charge >= 0.3 is 0 Å². The van der Waals surface area contributed by atoms with Crippen molar-refractivity contribution in [1.29, 1.82) is 0 Å². The average molecular weight is 264 g/mol. The number of aryl methyl sites for hydroxylation is 2. The highest BCUT2D eigenvalue weighted by Crippen LogP contribution is 2.21. The van der Waals surface area contributed by atoms with Crippen LogP contribution in [0.2, 0.25) is 0 Å². The molecular weight excluding hydrogens is 248 g/mol. The maximum Gasteiger partial charge on any atom is 0.0797 e. The molecule has 17 heavy (non-hydrogen) atoms. The van der Waals surface area contributed by atoms with Crippen molar-refractivity contribution < 1.29 is 0 Å². The van der Waals surface area contributed by atoms with Crippen LogP contribution in [0, 0.1) is 6.92 Å². The van der Waals surface area contributed by atoms with Gasteiger partial charge in [-0.3, -0.25) is 0 Å². The van der Waals surface area contributed by atoms with Crippen LogP contribution in [0.4, 0.5) is 0 Å². The minimum Gasteiger partial charge on any atom is -0.326 e. The first-order chi connectivity index (χ1) is 8.29. The van der Waals surface area contributed by atoms with E-state index in [2.05, 4.69) is 36.2 Å². The van der Waals surface area contributed by atoms with Crippen molar-refractivity contribution in [3.63, 3.8) is 0 Å².